The second-order valence-electron chi connectivity index (χ2n) is 7.31. The van der Waals surface area contributed by atoms with E-state index in [0.29, 0.717) is 12.1 Å². The molecule has 0 radical (unpaired) electrons. The van der Waals surface area contributed by atoms with E-state index in [9.17, 15) is 0 Å². The van der Waals surface area contributed by atoms with Crippen molar-refractivity contribution < 1.29 is 0 Å². The lowest BCUT2D eigenvalue weighted by atomic mass is 9.86. The third-order valence-corrected chi connectivity index (χ3v) is 5.28. The van der Waals surface area contributed by atoms with Crippen LogP contribution in [0, 0.1) is 5.92 Å². The van der Waals surface area contributed by atoms with Crippen LogP contribution in [0.3, 0.4) is 0 Å². The molecule has 128 valence electrons. The number of aromatic nitrogens is 5. The highest BCUT2D eigenvalue weighted by Gasteiger charge is 2.43. The van der Waals surface area contributed by atoms with Crippen LogP contribution in [-0.4, -0.2) is 37.1 Å². The number of nitrogens with one attached hydrogen (secondary N) is 1. The first-order chi connectivity index (χ1) is 12.2. The van der Waals surface area contributed by atoms with E-state index in [1.165, 1.54) is 12.8 Å². The van der Waals surface area contributed by atoms with E-state index in [-0.39, 0.29) is 0 Å². The van der Waals surface area contributed by atoms with Gasteiger partial charge in [0.2, 0.25) is 5.95 Å². The zero-order chi connectivity index (χ0) is 17.0. The number of imidazole rings is 1. The monoisotopic (exact) mass is 335 g/mol. The number of hydrogen-bond acceptors (Lipinski definition) is 6. The summed E-state index contributed by atoms with van der Waals surface area (Å²) >= 11 is 0. The first kappa shape index (κ1) is 14.6. The summed E-state index contributed by atoms with van der Waals surface area (Å²) < 4.78 is 2.14. The lowest BCUT2D eigenvalue weighted by molar-refractivity contribution is 0.380. The summed E-state index contributed by atoms with van der Waals surface area (Å²) in [6, 6.07) is 4.90. The maximum absolute atomic E-state index is 4.69. The lowest BCUT2D eigenvalue weighted by Gasteiger charge is -2.25. The molecular formula is C18H21N7. The Morgan fingerprint density at radius 2 is 2.04 bits per heavy atom. The fraction of sp³-hybridized carbons (Fsp3) is 0.444. The van der Waals surface area contributed by atoms with Crippen molar-refractivity contribution in [2.24, 2.45) is 5.92 Å². The molecule has 1 aliphatic carbocycles. The first-order valence-electron chi connectivity index (χ1n) is 8.86. The summed E-state index contributed by atoms with van der Waals surface area (Å²) in [6.07, 6.45) is 8.06. The van der Waals surface area contributed by atoms with Gasteiger partial charge in [0.25, 0.3) is 0 Å². The molecule has 0 aromatic carbocycles. The molecule has 7 heteroatoms. The molecule has 5 heterocycles. The highest BCUT2D eigenvalue weighted by Crippen LogP contribution is 2.42. The van der Waals surface area contributed by atoms with Crippen molar-refractivity contribution in [2.45, 2.75) is 38.8 Å². The zero-order valence-corrected chi connectivity index (χ0v) is 14.4. The van der Waals surface area contributed by atoms with Crippen LogP contribution in [0.5, 0.6) is 0 Å². The Kier molecular flexibility index (Phi) is 3.16. The molecule has 2 bridgehead atoms. The number of nitrogens with zero attached hydrogens (tertiary/aromatic N) is 6. The van der Waals surface area contributed by atoms with Crippen LogP contribution in [0.2, 0.25) is 0 Å². The highest BCUT2D eigenvalue weighted by molar-refractivity contribution is 5.78. The Morgan fingerprint density at radius 3 is 2.80 bits per heavy atom. The van der Waals surface area contributed by atoms with E-state index in [1.807, 2.05) is 24.7 Å². The van der Waals surface area contributed by atoms with Gasteiger partial charge in [-0.3, -0.25) is 0 Å². The van der Waals surface area contributed by atoms with Gasteiger partial charge in [-0.2, -0.15) is 4.98 Å². The average Bonchev–Trinajstić information content (AvgIpc) is 3.27. The van der Waals surface area contributed by atoms with Crippen molar-refractivity contribution >= 4 is 28.6 Å². The van der Waals surface area contributed by atoms with Crippen LogP contribution in [0.1, 0.15) is 32.7 Å². The molecule has 3 fully saturated rings. The quantitative estimate of drug-likeness (QED) is 0.790. The predicted octanol–water partition coefficient (Wildman–Crippen LogP) is 3.14. The van der Waals surface area contributed by atoms with Gasteiger partial charge in [0.05, 0.1) is 18.0 Å². The molecule has 0 unspecified atom stereocenters. The van der Waals surface area contributed by atoms with E-state index in [4.69, 9.17) is 4.98 Å². The van der Waals surface area contributed by atoms with E-state index in [0.717, 1.165) is 41.1 Å². The molecule has 25 heavy (non-hydrogen) atoms. The topological polar surface area (TPSA) is 71.8 Å². The number of pyridine rings is 1. The van der Waals surface area contributed by atoms with Gasteiger partial charge >= 0.3 is 0 Å². The van der Waals surface area contributed by atoms with E-state index < -0.39 is 0 Å². The van der Waals surface area contributed by atoms with Crippen LogP contribution in [0.4, 0.5) is 17.6 Å². The Balaban J connectivity index is 1.43. The molecule has 0 atom stereocenters. The smallest absolute Gasteiger partial charge is 0.227 e. The molecule has 3 aliphatic rings. The van der Waals surface area contributed by atoms with Crippen LogP contribution in [0.15, 0.2) is 30.9 Å². The maximum Gasteiger partial charge on any atom is 0.227 e. The molecule has 1 N–H and O–H groups in total. The third-order valence-electron chi connectivity index (χ3n) is 5.28. The van der Waals surface area contributed by atoms with Crippen molar-refractivity contribution in [3.8, 4) is 0 Å². The first-order valence-corrected chi connectivity index (χ1v) is 8.86. The van der Waals surface area contributed by atoms with Gasteiger partial charge in [-0.15, -0.1) is 0 Å². The van der Waals surface area contributed by atoms with Gasteiger partial charge < -0.3 is 14.8 Å². The van der Waals surface area contributed by atoms with Crippen molar-refractivity contribution in [1.82, 2.24) is 24.5 Å². The normalized spacial score (nSPS) is 21.8. The standard InChI is InChI=1S/C18H21N7/c1-11(2)25-10-21-14-8-20-17(7-15(14)25)22-16-3-4-19-18(23-16)24-9-12-5-13(24)6-12/h3-4,7-8,10-13H,5-6,9H2,1-2H3,(H,19,20,22,23). The molecule has 3 aromatic rings. The molecule has 0 amide bonds. The van der Waals surface area contributed by atoms with Gasteiger partial charge in [-0.25, -0.2) is 15.0 Å². The summed E-state index contributed by atoms with van der Waals surface area (Å²) in [7, 11) is 0. The van der Waals surface area contributed by atoms with Crippen molar-refractivity contribution in [3.05, 3.63) is 30.9 Å². The van der Waals surface area contributed by atoms with Gasteiger partial charge in [-0.1, -0.05) is 0 Å². The molecule has 7 nitrogen and oxygen atoms in total. The fourth-order valence-corrected chi connectivity index (χ4v) is 3.87. The van der Waals surface area contributed by atoms with Gasteiger partial charge in [0.1, 0.15) is 17.2 Å². The summed E-state index contributed by atoms with van der Waals surface area (Å²) in [4.78, 5) is 20.4. The number of rotatable bonds is 4. The molecule has 2 saturated heterocycles. The minimum atomic E-state index is 0.354. The van der Waals surface area contributed by atoms with E-state index >= 15 is 0 Å². The summed E-state index contributed by atoms with van der Waals surface area (Å²) in [5, 5.41) is 3.31. The van der Waals surface area contributed by atoms with Gasteiger partial charge in [0.15, 0.2) is 0 Å². The summed E-state index contributed by atoms with van der Waals surface area (Å²) in [5.74, 6) is 3.20. The predicted molar refractivity (Wildman–Crippen MR) is 97.1 cm³/mol. The van der Waals surface area contributed by atoms with Crippen molar-refractivity contribution in [3.63, 3.8) is 0 Å². The Labute approximate surface area is 146 Å². The van der Waals surface area contributed by atoms with Crippen molar-refractivity contribution in [1.29, 1.82) is 0 Å². The van der Waals surface area contributed by atoms with Gasteiger partial charge in [0, 0.05) is 30.9 Å². The maximum atomic E-state index is 4.69. The van der Waals surface area contributed by atoms with Crippen molar-refractivity contribution in [2.75, 3.05) is 16.8 Å². The van der Waals surface area contributed by atoms with Crippen LogP contribution in [0.25, 0.3) is 11.0 Å². The largest absolute Gasteiger partial charge is 0.337 e. The zero-order valence-electron chi connectivity index (χ0n) is 14.4. The summed E-state index contributed by atoms with van der Waals surface area (Å²) in [5.41, 5.74) is 1.97. The van der Waals surface area contributed by atoms with Crippen LogP contribution >= 0.6 is 0 Å². The minimum Gasteiger partial charge on any atom is -0.337 e. The highest BCUT2D eigenvalue weighted by atomic mass is 15.3. The van der Waals surface area contributed by atoms with E-state index in [2.05, 4.69) is 43.6 Å². The van der Waals surface area contributed by atoms with E-state index in [1.54, 1.807) is 6.20 Å². The summed E-state index contributed by atoms with van der Waals surface area (Å²) in [6.45, 7) is 5.38. The SMILES string of the molecule is CC(C)n1cnc2cnc(Nc3ccnc(N4CC5CC4C5)n3)cc21. The fourth-order valence-electron chi connectivity index (χ4n) is 3.87. The molecule has 1 saturated carbocycles. The third kappa shape index (κ3) is 2.42. The molecule has 2 aliphatic heterocycles. The number of anilines is 3. The second-order valence-corrected chi connectivity index (χ2v) is 7.31. The Hall–Kier alpha value is -2.70. The Bertz CT molecular complexity index is 926. The number of hydrogen-bond donors (Lipinski definition) is 1. The van der Waals surface area contributed by atoms with Crippen LogP contribution in [-0.2, 0) is 0 Å². The lowest BCUT2D eigenvalue weighted by Crippen LogP contribution is -2.29. The van der Waals surface area contributed by atoms with Crippen LogP contribution < -0.4 is 10.2 Å². The molecule has 0 spiro atoms. The molecule has 3 aromatic heterocycles. The minimum absolute atomic E-state index is 0.354. The molecule has 6 rings (SSSR count). The number of fused-ring (bicyclic) bond motifs is 2. The second kappa shape index (κ2) is 5.40. The van der Waals surface area contributed by atoms with Gasteiger partial charge in [-0.05, 0) is 38.7 Å². The molecular weight excluding hydrogens is 314 g/mol. The Morgan fingerprint density at radius 1 is 1.16 bits per heavy atom. The average molecular weight is 335 g/mol.